The maximum atomic E-state index is 12.9. The van der Waals surface area contributed by atoms with E-state index >= 15 is 0 Å². The summed E-state index contributed by atoms with van der Waals surface area (Å²) < 4.78 is 5.65. The van der Waals surface area contributed by atoms with Gasteiger partial charge in [0, 0.05) is 17.1 Å². The molecule has 3 aromatic rings. The SMILES string of the molecule is O=C(NCC(c1ccco1)N1CCCCC1)c1cn[nH]c1-c1ccc(Cl)cc1. The second-order valence-electron chi connectivity index (χ2n) is 7.00. The highest BCUT2D eigenvalue weighted by molar-refractivity contribution is 6.30. The number of furan rings is 1. The van der Waals surface area contributed by atoms with Gasteiger partial charge in [-0.1, -0.05) is 30.2 Å². The van der Waals surface area contributed by atoms with E-state index in [9.17, 15) is 4.79 Å². The van der Waals surface area contributed by atoms with Crippen LogP contribution in [0.1, 0.15) is 41.4 Å². The fourth-order valence-corrected chi connectivity index (χ4v) is 3.83. The van der Waals surface area contributed by atoms with Gasteiger partial charge in [-0.2, -0.15) is 5.10 Å². The molecule has 1 saturated heterocycles. The molecule has 1 aromatic carbocycles. The molecule has 0 spiro atoms. The van der Waals surface area contributed by atoms with Gasteiger partial charge in [0.2, 0.25) is 0 Å². The molecule has 3 heterocycles. The van der Waals surface area contributed by atoms with Crippen molar-refractivity contribution in [3.05, 3.63) is 65.2 Å². The Morgan fingerprint density at radius 1 is 1.21 bits per heavy atom. The second-order valence-corrected chi connectivity index (χ2v) is 7.44. The number of benzene rings is 1. The number of amides is 1. The molecule has 2 N–H and O–H groups in total. The summed E-state index contributed by atoms with van der Waals surface area (Å²) in [6.45, 7) is 2.52. The van der Waals surface area contributed by atoms with Gasteiger partial charge in [-0.15, -0.1) is 0 Å². The predicted octanol–water partition coefficient (Wildman–Crippen LogP) is 4.28. The Hall–Kier alpha value is -2.57. The van der Waals surface area contributed by atoms with Crippen molar-refractivity contribution in [2.45, 2.75) is 25.3 Å². The number of likely N-dealkylation sites (tertiary alicyclic amines) is 1. The topological polar surface area (TPSA) is 74.2 Å². The predicted molar refractivity (Wildman–Crippen MR) is 108 cm³/mol. The number of aromatic amines is 1. The Morgan fingerprint density at radius 2 is 2.00 bits per heavy atom. The smallest absolute Gasteiger partial charge is 0.255 e. The van der Waals surface area contributed by atoms with Crippen LogP contribution in [-0.4, -0.2) is 40.6 Å². The molecular formula is C21H23ClN4O2. The van der Waals surface area contributed by atoms with E-state index in [1.165, 1.54) is 19.3 Å². The van der Waals surface area contributed by atoms with Gasteiger partial charge in [0.1, 0.15) is 5.76 Å². The third kappa shape index (κ3) is 4.13. The lowest BCUT2D eigenvalue weighted by Crippen LogP contribution is -2.40. The second kappa shape index (κ2) is 8.63. The first-order chi connectivity index (χ1) is 13.7. The number of piperidine rings is 1. The van der Waals surface area contributed by atoms with Crippen LogP contribution in [0.15, 0.2) is 53.3 Å². The molecule has 2 aromatic heterocycles. The average Bonchev–Trinajstić information content (AvgIpc) is 3.42. The Bertz CT molecular complexity index is 899. The van der Waals surface area contributed by atoms with Crippen molar-refractivity contribution in [1.29, 1.82) is 0 Å². The van der Waals surface area contributed by atoms with Crippen LogP contribution in [0.2, 0.25) is 5.02 Å². The van der Waals surface area contributed by atoms with Crippen LogP contribution >= 0.6 is 11.6 Å². The minimum absolute atomic E-state index is 0.0325. The fourth-order valence-electron chi connectivity index (χ4n) is 3.70. The standard InChI is InChI=1S/C21H23ClN4O2/c22-16-8-6-15(7-9-16)20-17(13-24-25-20)21(27)23-14-18(19-5-4-12-28-19)26-10-2-1-3-11-26/h4-9,12-13,18H,1-3,10-11,14H2,(H,23,27)(H,24,25). The summed E-state index contributed by atoms with van der Waals surface area (Å²) in [6.07, 6.45) is 6.85. The highest BCUT2D eigenvalue weighted by Crippen LogP contribution is 2.26. The summed E-state index contributed by atoms with van der Waals surface area (Å²) in [6, 6.07) is 11.2. The molecule has 7 heteroatoms. The number of rotatable bonds is 6. The van der Waals surface area contributed by atoms with Gasteiger partial charge in [-0.05, 0) is 50.2 Å². The molecule has 1 unspecified atom stereocenters. The van der Waals surface area contributed by atoms with Gasteiger partial charge < -0.3 is 9.73 Å². The van der Waals surface area contributed by atoms with Crippen LogP contribution in [0.25, 0.3) is 11.3 Å². The van der Waals surface area contributed by atoms with Crippen molar-refractivity contribution < 1.29 is 9.21 Å². The summed E-state index contributed by atoms with van der Waals surface area (Å²) >= 11 is 5.96. The van der Waals surface area contributed by atoms with Crippen LogP contribution < -0.4 is 5.32 Å². The maximum absolute atomic E-state index is 12.9. The first kappa shape index (κ1) is 18.8. The minimum atomic E-state index is -0.160. The molecule has 0 saturated carbocycles. The van der Waals surface area contributed by atoms with Crippen LogP contribution in [0.3, 0.4) is 0 Å². The third-order valence-electron chi connectivity index (χ3n) is 5.18. The lowest BCUT2D eigenvalue weighted by Gasteiger charge is -2.33. The number of H-pyrrole nitrogens is 1. The minimum Gasteiger partial charge on any atom is -0.468 e. The molecule has 1 aliphatic heterocycles. The first-order valence-electron chi connectivity index (χ1n) is 9.57. The zero-order valence-electron chi connectivity index (χ0n) is 15.5. The molecule has 6 nitrogen and oxygen atoms in total. The van der Waals surface area contributed by atoms with E-state index in [2.05, 4.69) is 20.4 Å². The number of aromatic nitrogens is 2. The lowest BCUT2D eigenvalue weighted by atomic mass is 10.1. The summed E-state index contributed by atoms with van der Waals surface area (Å²) in [5.74, 6) is 0.722. The highest BCUT2D eigenvalue weighted by atomic mass is 35.5. The van der Waals surface area contributed by atoms with E-state index in [-0.39, 0.29) is 11.9 Å². The van der Waals surface area contributed by atoms with Crippen molar-refractivity contribution >= 4 is 17.5 Å². The number of carbonyl (C=O) groups excluding carboxylic acids is 1. The quantitative estimate of drug-likeness (QED) is 0.649. The Labute approximate surface area is 168 Å². The van der Waals surface area contributed by atoms with Gasteiger partial charge in [0.05, 0.1) is 29.8 Å². The normalized spacial score (nSPS) is 16.0. The van der Waals surface area contributed by atoms with Crippen molar-refractivity contribution in [3.63, 3.8) is 0 Å². The van der Waals surface area contributed by atoms with Crippen molar-refractivity contribution in [2.75, 3.05) is 19.6 Å². The molecule has 146 valence electrons. The van der Waals surface area contributed by atoms with Crippen molar-refractivity contribution in [1.82, 2.24) is 20.4 Å². The molecule has 1 atom stereocenters. The number of hydrogen-bond acceptors (Lipinski definition) is 4. The number of halogens is 1. The largest absolute Gasteiger partial charge is 0.468 e. The van der Waals surface area contributed by atoms with E-state index in [0.717, 1.165) is 24.4 Å². The molecule has 0 bridgehead atoms. The van der Waals surface area contributed by atoms with Gasteiger partial charge in [0.15, 0.2) is 0 Å². The van der Waals surface area contributed by atoms with Crippen LogP contribution in [0, 0.1) is 0 Å². The van der Waals surface area contributed by atoms with E-state index in [1.54, 1.807) is 24.6 Å². The number of nitrogens with zero attached hydrogens (tertiary/aromatic N) is 2. The molecule has 28 heavy (non-hydrogen) atoms. The van der Waals surface area contributed by atoms with Gasteiger partial charge >= 0.3 is 0 Å². The van der Waals surface area contributed by atoms with E-state index in [4.69, 9.17) is 16.0 Å². The zero-order chi connectivity index (χ0) is 19.3. The first-order valence-corrected chi connectivity index (χ1v) is 9.95. The zero-order valence-corrected chi connectivity index (χ0v) is 16.3. The van der Waals surface area contributed by atoms with E-state index in [1.807, 2.05) is 24.3 Å². The van der Waals surface area contributed by atoms with E-state index in [0.29, 0.717) is 22.8 Å². The summed E-state index contributed by atoms with van der Waals surface area (Å²) in [4.78, 5) is 15.3. The fraction of sp³-hybridized carbons (Fsp3) is 0.333. The Morgan fingerprint density at radius 3 is 2.71 bits per heavy atom. The number of nitrogens with one attached hydrogen (secondary N) is 2. The molecule has 1 fully saturated rings. The van der Waals surface area contributed by atoms with Crippen LogP contribution in [-0.2, 0) is 0 Å². The highest BCUT2D eigenvalue weighted by Gasteiger charge is 2.25. The number of carbonyl (C=O) groups is 1. The van der Waals surface area contributed by atoms with Crippen LogP contribution in [0.5, 0.6) is 0 Å². The van der Waals surface area contributed by atoms with E-state index < -0.39 is 0 Å². The monoisotopic (exact) mass is 398 g/mol. The van der Waals surface area contributed by atoms with Crippen molar-refractivity contribution in [2.24, 2.45) is 0 Å². The number of hydrogen-bond donors (Lipinski definition) is 2. The molecular weight excluding hydrogens is 376 g/mol. The Balaban J connectivity index is 1.48. The molecule has 1 amide bonds. The third-order valence-corrected chi connectivity index (χ3v) is 5.43. The summed E-state index contributed by atoms with van der Waals surface area (Å²) in [5, 5.41) is 10.7. The van der Waals surface area contributed by atoms with Gasteiger partial charge in [-0.25, -0.2) is 0 Å². The molecule has 0 radical (unpaired) electrons. The summed E-state index contributed by atoms with van der Waals surface area (Å²) in [7, 11) is 0. The average molecular weight is 399 g/mol. The maximum Gasteiger partial charge on any atom is 0.255 e. The van der Waals surface area contributed by atoms with Crippen molar-refractivity contribution in [3.8, 4) is 11.3 Å². The van der Waals surface area contributed by atoms with Crippen LogP contribution in [0.4, 0.5) is 0 Å². The molecule has 1 aliphatic rings. The van der Waals surface area contributed by atoms with Gasteiger partial charge in [0.25, 0.3) is 5.91 Å². The Kier molecular flexibility index (Phi) is 5.78. The molecule has 0 aliphatic carbocycles. The summed E-state index contributed by atoms with van der Waals surface area (Å²) in [5.41, 5.74) is 2.06. The molecule has 4 rings (SSSR count). The van der Waals surface area contributed by atoms with Gasteiger partial charge in [-0.3, -0.25) is 14.8 Å². The lowest BCUT2D eigenvalue weighted by molar-refractivity contribution is 0.0915.